The van der Waals surface area contributed by atoms with E-state index in [2.05, 4.69) is 15.0 Å². The number of nitrogens with zero attached hydrogens (tertiary/aromatic N) is 1. The van der Waals surface area contributed by atoms with Crippen LogP contribution in [0.5, 0.6) is 11.5 Å². The van der Waals surface area contributed by atoms with Crippen LogP contribution in [0.1, 0.15) is 11.1 Å². The molecule has 0 bridgehead atoms. The second-order valence-corrected chi connectivity index (χ2v) is 7.47. The number of ether oxygens (including phenoxy) is 2. The molecule has 2 N–H and O–H groups in total. The number of guanidine groups is 1. The van der Waals surface area contributed by atoms with Gasteiger partial charge < -0.3 is 14.8 Å². The average molecular weight is 377 g/mol. The number of nitrogens with one attached hydrogen (secondary N) is 2. The molecule has 7 nitrogen and oxygen atoms in total. The molecule has 0 atom stereocenters. The largest absolute Gasteiger partial charge is 0.493 e. The van der Waals surface area contributed by atoms with Gasteiger partial charge in [0, 0.05) is 11.8 Å². The van der Waals surface area contributed by atoms with Crippen LogP contribution in [-0.4, -0.2) is 34.9 Å². The molecule has 8 heteroatoms. The quantitative estimate of drug-likeness (QED) is 0.596. The summed E-state index contributed by atoms with van der Waals surface area (Å²) >= 11 is 0. The van der Waals surface area contributed by atoms with Gasteiger partial charge in [-0.15, -0.1) is 0 Å². The number of aliphatic imine (C=N–C) groups is 1. The lowest BCUT2D eigenvalue weighted by Crippen LogP contribution is -2.35. The summed E-state index contributed by atoms with van der Waals surface area (Å²) in [6.07, 6.45) is 1.07. The fourth-order valence-corrected chi connectivity index (χ4v) is 2.77. The highest BCUT2D eigenvalue weighted by Crippen LogP contribution is 2.29. The first-order valence-electron chi connectivity index (χ1n) is 7.87. The highest BCUT2D eigenvalue weighted by Gasteiger charge is 2.10. The Balaban J connectivity index is 2.26. The predicted molar refractivity (Wildman–Crippen MR) is 103 cm³/mol. The molecule has 0 aliphatic heterocycles. The van der Waals surface area contributed by atoms with Crippen molar-refractivity contribution in [1.29, 1.82) is 0 Å². The summed E-state index contributed by atoms with van der Waals surface area (Å²) < 4.78 is 36.1. The summed E-state index contributed by atoms with van der Waals surface area (Å²) in [7, 11) is -0.406. The van der Waals surface area contributed by atoms with Crippen LogP contribution in [0.15, 0.2) is 47.5 Å². The Morgan fingerprint density at radius 3 is 2.42 bits per heavy atom. The van der Waals surface area contributed by atoms with Crippen LogP contribution in [-0.2, 0) is 16.6 Å². The molecule has 140 valence electrons. The predicted octanol–water partition coefficient (Wildman–Crippen LogP) is 2.53. The Kier molecular flexibility index (Phi) is 6.46. The number of rotatable bonds is 6. The molecule has 0 saturated carbocycles. The Hall–Kier alpha value is -2.74. The van der Waals surface area contributed by atoms with Crippen LogP contribution in [0.3, 0.4) is 0 Å². The summed E-state index contributed by atoms with van der Waals surface area (Å²) in [6.45, 7) is 2.32. The molecule has 26 heavy (non-hydrogen) atoms. The first-order chi connectivity index (χ1) is 12.3. The molecule has 0 radical (unpaired) electrons. The molecular weight excluding hydrogens is 354 g/mol. The summed E-state index contributed by atoms with van der Waals surface area (Å²) in [5.74, 6) is 1.23. The highest BCUT2D eigenvalue weighted by molar-refractivity contribution is 7.89. The molecule has 0 amide bonds. The Bertz CT molecular complexity index is 895. The Morgan fingerprint density at radius 1 is 1.08 bits per heavy atom. The van der Waals surface area contributed by atoms with Gasteiger partial charge in [0.15, 0.2) is 11.5 Å². The molecule has 0 saturated heterocycles. The maximum absolute atomic E-state index is 11.6. The van der Waals surface area contributed by atoms with Crippen LogP contribution < -0.4 is 19.5 Å². The van der Waals surface area contributed by atoms with Crippen molar-refractivity contribution >= 4 is 21.7 Å². The third-order valence-corrected chi connectivity index (χ3v) is 3.99. The van der Waals surface area contributed by atoms with Crippen molar-refractivity contribution in [2.45, 2.75) is 13.5 Å². The number of aryl methyl sites for hydroxylation is 1. The number of hydrogen-bond donors (Lipinski definition) is 2. The van der Waals surface area contributed by atoms with Crippen LogP contribution in [0, 0.1) is 6.92 Å². The van der Waals surface area contributed by atoms with Crippen molar-refractivity contribution in [3.63, 3.8) is 0 Å². The van der Waals surface area contributed by atoms with Gasteiger partial charge in [0.25, 0.3) is 0 Å². The van der Waals surface area contributed by atoms with Gasteiger partial charge in [0.1, 0.15) is 0 Å². The molecular formula is C18H23N3O4S. The van der Waals surface area contributed by atoms with Crippen molar-refractivity contribution < 1.29 is 17.9 Å². The minimum Gasteiger partial charge on any atom is -0.493 e. The molecule has 2 rings (SSSR count). The molecule has 0 aliphatic carbocycles. The molecule has 0 aliphatic rings. The van der Waals surface area contributed by atoms with Crippen molar-refractivity contribution in [3.05, 3.63) is 53.6 Å². The first kappa shape index (κ1) is 19.6. The smallest absolute Gasteiger partial charge is 0.232 e. The second-order valence-electron chi connectivity index (χ2n) is 5.72. The van der Waals surface area contributed by atoms with Gasteiger partial charge in [-0.2, -0.15) is 0 Å². The van der Waals surface area contributed by atoms with E-state index in [1.807, 2.05) is 31.2 Å². The SMILES string of the molecule is COc1ccc(NC(=NCc2cccc(C)c2)NS(C)(=O)=O)cc1OC. The van der Waals surface area contributed by atoms with Gasteiger partial charge in [0.2, 0.25) is 16.0 Å². The van der Waals surface area contributed by atoms with Gasteiger partial charge >= 0.3 is 0 Å². The van der Waals surface area contributed by atoms with Crippen LogP contribution >= 0.6 is 0 Å². The molecule has 0 unspecified atom stereocenters. The van der Waals surface area contributed by atoms with Gasteiger partial charge in [-0.1, -0.05) is 29.8 Å². The molecule has 0 aromatic heterocycles. The van der Waals surface area contributed by atoms with Crippen LogP contribution in [0.4, 0.5) is 5.69 Å². The zero-order valence-electron chi connectivity index (χ0n) is 15.2. The Morgan fingerprint density at radius 2 is 1.81 bits per heavy atom. The zero-order valence-corrected chi connectivity index (χ0v) is 16.1. The fraction of sp³-hybridized carbons (Fsp3) is 0.278. The molecule has 2 aromatic carbocycles. The lowest BCUT2D eigenvalue weighted by Gasteiger charge is -2.14. The maximum Gasteiger partial charge on any atom is 0.232 e. The lowest BCUT2D eigenvalue weighted by atomic mass is 10.1. The van der Waals surface area contributed by atoms with Gasteiger partial charge in [-0.05, 0) is 24.6 Å². The monoisotopic (exact) mass is 377 g/mol. The van der Waals surface area contributed by atoms with E-state index in [4.69, 9.17) is 9.47 Å². The van der Waals surface area contributed by atoms with Crippen molar-refractivity contribution in [1.82, 2.24) is 4.72 Å². The van der Waals surface area contributed by atoms with Crippen LogP contribution in [0.2, 0.25) is 0 Å². The van der Waals surface area contributed by atoms with E-state index >= 15 is 0 Å². The fourth-order valence-electron chi connectivity index (χ4n) is 2.30. The van der Waals surface area contributed by atoms with Gasteiger partial charge in [-0.3, -0.25) is 4.72 Å². The average Bonchev–Trinajstić information content (AvgIpc) is 2.58. The minimum absolute atomic E-state index is 0.126. The lowest BCUT2D eigenvalue weighted by molar-refractivity contribution is 0.355. The standard InChI is InChI=1S/C18H23N3O4S/c1-13-6-5-7-14(10-13)12-19-18(21-26(4,22)23)20-15-8-9-16(24-2)17(11-15)25-3/h5-11H,12H2,1-4H3,(H2,19,20,21). The van der Waals surface area contributed by atoms with Crippen molar-refractivity contribution in [2.75, 3.05) is 25.8 Å². The van der Waals surface area contributed by atoms with E-state index in [-0.39, 0.29) is 5.96 Å². The van der Waals surface area contributed by atoms with Crippen LogP contribution in [0.25, 0.3) is 0 Å². The van der Waals surface area contributed by atoms with Crippen molar-refractivity contribution in [3.8, 4) is 11.5 Å². The molecule has 0 fully saturated rings. The van der Waals surface area contributed by atoms with E-state index in [1.165, 1.54) is 7.11 Å². The minimum atomic E-state index is -3.48. The van der Waals surface area contributed by atoms with E-state index in [0.29, 0.717) is 23.7 Å². The highest BCUT2D eigenvalue weighted by atomic mass is 32.2. The summed E-state index contributed by atoms with van der Waals surface area (Å²) in [5, 5.41) is 2.97. The van der Waals surface area contributed by atoms with Gasteiger partial charge in [0.05, 0.1) is 27.0 Å². The normalized spacial score (nSPS) is 11.8. The number of methoxy groups -OCH3 is 2. The zero-order chi connectivity index (χ0) is 19.2. The van der Waals surface area contributed by atoms with Gasteiger partial charge in [-0.25, -0.2) is 13.4 Å². The number of sulfonamides is 1. The van der Waals surface area contributed by atoms with E-state index in [9.17, 15) is 8.42 Å². The molecule has 0 heterocycles. The van der Waals surface area contributed by atoms with E-state index in [1.54, 1.807) is 25.3 Å². The third kappa shape index (κ3) is 5.96. The number of hydrogen-bond acceptors (Lipinski definition) is 5. The summed E-state index contributed by atoms with van der Waals surface area (Å²) in [6, 6.07) is 13.0. The number of anilines is 1. The first-order valence-corrected chi connectivity index (χ1v) is 9.76. The summed E-state index contributed by atoms with van der Waals surface area (Å²) in [4.78, 5) is 4.36. The molecule has 0 spiro atoms. The second kappa shape index (κ2) is 8.57. The Labute approximate surface area is 154 Å². The third-order valence-electron chi connectivity index (χ3n) is 3.43. The van der Waals surface area contributed by atoms with E-state index < -0.39 is 10.0 Å². The number of benzene rings is 2. The molecule has 2 aromatic rings. The summed E-state index contributed by atoms with van der Waals surface area (Å²) in [5.41, 5.74) is 2.71. The van der Waals surface area contributed by atoms with Crippen molar-refractivity contribution in [2.24, 2.45) is 4.99 Å². The maximum atomic E-state index is 11.6. The van der Waals surface area contributed by atoms with E-state index in [0.717, 1.165) is 17.4 Å². The topological polar surface area (TPSA) is 89.0 Å².